The summed E-state index contributed by atoms with van der Waals surface area (Å²) in [6, 6.07) is 6.02. The molecular formula is C11H15N3. The molecule has 0 aromatic carbocycles. The minimum absolute atomic E-state index is 0.444. The summed E-state index contributed by atoms with van der Waals surface area (Å²) in [5, 5.41) is 0. The van der Waals surface area contributed by atoms with Crippen LogP contribution in [0.4, 0.5) is 0 Å². The van der Waals surface area contributed by atoms with Crippen LogP contribution in [0.5, 0.6) is 0 Å². The summed E-state index contributed by atoms with van der Waals surface area (Å²) >= 11 is 0. The zero-order valence-corrected chi connectivity index (χ0v) is 8.35. The van der Waals surface area contributed by atoms with Gasteiger partial charge >= 0.3 is 0 Å². The second kappa shape index (κ2) is 3.80. The highest BCUT2D eigenvalue weighted by Gasteiger charge is 2.08. The molecule has 0 bridgehead atoms. The van der Waals surface area contributed by atoms with Crippen LogP contribution in [0, 0.1) is 0 Å². The predicted octanol–water partition coefficient (Wildman–Crippen LogP) is 1.79. The van der Waals surface area contributed by atoms with Crippen molar-refractivity contribution in [2.75, 3.05) is 6.54 Å². The second-order valence-electron chi connectivity index (χ2n) is 3.61. The maximum atomic E-state index is 5.53. The third-order valence-electron chi connectivity index (χ3n) is 2.49. The minimum Gasteiger partial charge on any atom is -0.330 e. The Bertz CT molecular complexity index is 386. The fourth-order valence-corrected chi connectivity index (χ4v) is 1.59. The number of fused-ring (bicyclic) bond motifs is 1. The number of imidazole rings is 1. The molecule has 2 heterocycles. The van der Waals surface area contributed by atoms with Crippen molar-refractivity contribution in [3.63, 3.8) is 0 Å². The molecule has 0 aliphatic rings. The fourth-order valence-electron chi connectivity index (χ4n) is 1.59. The Balaban J connectivity index is 2.35. The van der Waals surface area contributed by atoms with Crippen molar-refractivity contribution < 1.29 is 0 Å². The fraction of sp³-hybridized carbons (Fsp3) is 0.364. The van der Waals surface area contributed by atoms with Crippen LogP contribution in [-0.4, -0.2) is 15.9 Å². The van der Waals surface area contributed by atoms with Gasteiger partial charge in [0.05, 0.1) is 5.69 Å². The van der Waals surface area contributed by atoms with Crippen LogP contribution in [0.15, 0.2) is 30.6 Å². The standard InChI is InChI=1S/C11H15N3/c1-9(5-6-12)10-8-14-7-3-2-4-11(14)13-10/h2-4,7-9H,5-6,12H2,1H3. The first kappa shape index (κ1) is 9.21. The molecule has 2 aromatic heterocycles. The zero-order chi connectivity index (χ0) is 9.97. The van der Waals surface area contributed by atoms with Crippen LogP contribution in [0.25, 0.3) is 5.65 Å². The van der Waals surface area contributed by atoms with Gasteiger partial charge in [-0.05, 0) is 25.1 Å². The molecule has 2 N–H and O–H groups in total. The van der Waals surface area contributed by atoms with E-state index >= 15 is 0 Å². The molecular weight excluding hydrogens is 174 g/mol. The average molecular weight is 189 g/mol. The molecule has 0 amide bonds. The molecule has 1 unspecified atom stereocenters. The monoisotopic (exact) mass is 189 g/mol. The molecule has 2 aromatic rings. The van der Waals surface area contributed by atoms with Gasteiger partial charge in [-0.25, -0.2) is 4.98 Å². The highest BCUT2D eigenvalue weighted by molar-refractivity contribution is 5.39. The summed E-state index contributed by atoms with van der Waals surface area (Å²) in [5.74, 6) is 0.444. The van der Waals surface area contributed by atoms with E-state index in [1.54, 1.807) is 0 Å². The number of pyridine rings is 1. The van der Waals surface area contributed by atoms with E-state index < -0.39 is 0 Å². The van der Waals surface area contributed by atoms with Gasteiger partial charge < -0.3 is 10.1 Å². The third-order valence-corrected chi connectivity index (χ3v) is 2.49. The van der Waals surface area contributed by atoms with Crippen LogP contribution in [-0.2, 0) is 0 Å². The van der Waals surface area contributed by atoms with E-state index in [2.05, 4.69) is 18.1 Å². The lowest BCUT2D eigenvalue weighted by molar-refractivity contribution is 0.675. The molecule has 3 heteroatoms. The van der Waals surface area contributed by atoms with E-state index in [4.69, 9.17) is 5.73 Å². The first-order valence-corrected chi connectivity index (χ1v) is 4.95. The summed E-state index contributed by atoms with van der Waals surface area (Å²) in [5.41, 5.74) is 7.66. The van der Waals surface area contributed by atoms with Crippen LogP contribution < -0.4 is 5.73 Å². The number of hydrogen-bond acceptors (Lipinski definition) is 2. The molecule has 1 atom stereocenters. The van der Waals surface area contributed by atoms with Crippen molar-refractivity contribution in [3.8, 4) is 0 Å². The predicted molar refractivity (Wildman–Crippen MR) is 57.3 cm³/mol. The number of hydrogen-bond donors (Lipinski definition) is 1. The van der Waals surface area contributed by atoms with Crippen molar-refractivity contribution in [2.24, 2.45) is 5.73 Å². The summed E-state index contributed by atoms with van der Waals surface area (Å²) in [6.07, 6.45) is 5.08. The van der Waals surface area contributed by atoms with Gasteiger partial charge in [0.2, 0.25) is 0 Å². The normalized spacial score (nSPS) is 13.3. The number of nitrogens with two attached hydrogens (primary N) is 1. The third kappa shape index (κ3) is 1.63. The Hall–Kier alpha value is -1.35. The molecule has 0 aliphatic heterocycles. The van der Waals surface area contributed by atoms with Gasteiger partial charge in [0, 0.05) is 18.3 Å². The van der Waals surface area contributed by atoms with Crippen LogP contribution >= 0.6 is 0 Å². The molecule has 0 saturated heterocycles. The summed E-state index contributed by atoms with van der Waals surface area (Å²) in [4.78, 5) is 4.54. The molecule has 3 nitrogen and oxygen atoms in total. The highest BCUT2D eigenvalue weighted by Crippen LogP contribution is 2.17. The molecule has 2 rings (SSSR count). The Labute approximate surface area is 83.6 Å². The van der Waals surface area contributed by atoms with Crippen molar-refractivity contribution in [3.05, 3.63) is 36.3 Å². The SMILES string of the molecule is CC(CCN)c1cn2ccccc2n1. The zero-order valence-electron chi connectivity index (χ0n) is 8.35. The number of rotatable bonds is 3. The molecule has 0 saturated carbocycles. The maximum Gasteiger partial charge on any atom is 0.136 e. The molecule has 0 aliphatic carbocycles. The maximum absolute atomic E-state index is 5.53. The van der Waals surface area contributed by atoms with Gasteiger partial charge in [-0.3, -0.25) is 0 Å². The average Bonchev–Trinajstić information content (AvgIpc) is 2.61. The van der Waals surface area contributed by atoms with Crippen molar-refractivity contribution in [1.82, 2.24) is 9.38 Å². The smallest absolute Gasteiger partial charge is 0.136 e. The summed E-state index contributed by atoms with van der Waals surface area (Å²) in [6.45, 7) is 2.88. The van der Waals surface area contributed by atoms with Gasteiger partial charge in [-0.2, -0.15) is 0 Å². The quantitative estimate of drug-likeness (QED) is 0.799. The van der Waals surface area contributed by atoms with Gasteiger partial charge in [-0.1, -0.05) is 13.0 Å². The van der Waals surface area contributed by atoms with Crippen LogP contribution in [0.2, 0.25) is 0 Å². The van der Waals surface area contributed by atoms with Crippen molar-refractivity contribution in [1.29, 1.82) is 0 Å². The number of aromatic nitrogens is 2. The van der Waals surface area contributed by atoms with Gasteiger partial charge in [0.1, 0.15) is 5.65 Å². The highest BCUT2D eigenvalue weighted by atomic mass is 15.0. The summed E-state index contributed by atoms with van der Waals surface area (Å²) < 4.78 is 2.04. The largest absolute Gasteiger partial charge is 0.330 e. The lowest BCUT2D eigenvalue weighted by Gasteiger charge is -2.04. The Morgan fingerprint density at radius 3 is 3.07 bits per heavy atom. The second-order valence-corrected chi connectivity index (χ2v) is 3.61. The molecule has 0 fully saturated rings. The van der Waals surface area contributed by atoms with Gasteiger partial charge in [-0.15, -0.1) is 0 Å². The van der Waals surface area contributed by atoms with E-state index in [0.29, 0.717) is 5.92 Å². The first-order chi connectivity index (χ1) is 6.81. The van der Waals surface area contributed by atoms with E-state index in [1.165, 1.54) is 0 Å². The lowest BCUT2D eigenvalue weighted by Crippen LogP contribution is -2.04. The van der Waals surface area contributed by atoms with Crippen LogP contribution in [0.1, 0.15) is 25.0 Å². The topological polar surface area (TPSA) is 43.3 Å². The molecule has 0 radical (unpaired) electrons. The summed E-state index contributed by atoms with van der Waals surface area (Å²) in [7, 11) is 0. The lowest BCUT2D eigenvalue weighted by atomic mass is 10.1. The van der Waals surface area contributed by atoms with Crippen molar-refractivity contribution in [2.45, 2.75) is 19.3 Å². The Kier molecular flexibility index (Phi) is 2.50. The Morgan fingerprint density at radius 1 is 1.50 bits per heavy atom. The molecule has 0 spiro atoms. The van der Waals surface area contributed by atoms with Gasteiger partial charge in [0.25, 0.3) is 0 Å². The van der Waals surface area contributed by atoms with Gasteiger partial charge in [0.15, 0.2) is 0 Å². The van der Waals surface area contributed by atoms with E-state index in [1.807, 2.05) is 28.8 Å². The minimum atomic E-state index is 0.444. The van der Waals surface area contributed by atoms with E-state index in [-0.39, 0.29) is 0 Å². The Morgan fingerprint density at radius 2 is 2.36 bits per heavy atom. The van der Waals surface area contributed by atoms with E-state index in [9.17, 15) is 0 Å². The van der Waals surface area contributed by atoms with E-state index in [0.717, 1.165) is 24.3 Å². The molecule has 74 valence electrons. The van der Waals surface area contributed by atoms with Crippen LogP contribution in [0.3, 0.4) is 0 Å². The number of nitrogens with zero attached hydrogens (tertiary/aromatic N) is 2. The first-order valence-electron chi connectivity index (χ1n) is 4.95. The van der Waals surface area contributed by atoms with Crippen molar-refractivity contribution >= 4 is 5.65 Å². The molecule has 14 heavy (non-hydrogen) atoms.